The number of carboxylic acid groups (broad SMARTS) is 1. The van der Waals surface area contributed by atoms with Gasteiger partial charge in [0.1, 0.15) is 0 Å². The summed E-state index contributed by atoms with van der Waals surface area (Å²) in [5.41, 5.74) is 1.17. The van der Waals surface area contributed by atoms with Crippen molar-refractivity contribution < 1.29 is 19.6 Å². The number of likely N-dealkylation sites (N-methyl/N-ethyl adjacent to an activating group) is 1. The van der Waals surface area contributed by atoms with Gasteiger partial charge in [-0.3, -0.25) is 19.8 Å². The van der Waals surface area contributed by atoms with Gasteiger partial charge in [0.15, 0.2) is 0 Å². The van der Waals surface area contributed by atoms with E-state index < -0.39 is 16.9 Å². The maximum Gasteiger partial charge on any atom is 0.319 e. The number of nitro benzene ring substituents is 1. The maximum absolute atomic E-state index is 12.2. The van der Waals surface area contributed by atoms with Crippen LogP contribution in [0.5, 0.6) is 0 Å². The molecule has 0 bridgehead atoms. The number of nitrogens with zero attached hydrogens (tertiary/aromatic N) is 2. The molecule has 1 aromatic rings. The Morgan fingerprint density at radius 2 is 2.04 bits per heavy atom. The van der Waals surface area contributed by atoms with E-state index in [1.807, 2.05) is 18.7 Å². The summed E-state index contributed by atoms with van der Waals surface area (Å²) in [6.45, 7) is 4.45. The van der Waals surface area contributed by atoms with E-state index in [-0.39, 0.29) is 24.3 Å². The Hall–Kier alpha value is -2.68. The highest BCUT2D eigenvalue weighted by atomic mass is 16.6. The van der Waals surface area contributed by atoms with Crippen LogP contribution >= 0.6 is 0 Å². The zero-order valence-corrected chi connectivity index (χ0v) is 14.9. The van der Waals surface area contributed by atoms with Crippen molar-refractivity contribution in [2.24, 2.45) is 0 Å². The summed E-state index contributed by atoms with van der Waals surface area (Å²) in [6, 6.07) is 4.11. The zero-order chi connectivity index (χ0) is 19.3. The highest BCUT2D eigenvalue weighted by Gasteiger charge is 2.34. The summed E-state index contributed by atoms with van der Waals surface area (Å²) in [7, 11) is 0. The summed E-state index contributed by atoms with van der Waals surface area (Å²) in [4.78, 5) is 35.3. The van der Waals surface area contributed by atoms with Gasteiger partial charge in [0.25, 0.3) is 5.69 Å². The summed E-state index contributed by atoms with van der Waals surface area (Å²) >= 11 is 0. The molecule has 1 saturated carbocycles. The fourth-order valence-corrected chi connectivity index (χ4v) is 3.12. The van der Waals surface area contributed by atoms with E-state index in [0.29, 0.717) is 31.5 Å². The first kappa shape index (κ1) is 19.6. The quantitative estimate of drug-likeness (QED) is 0.480. The molecule has 1 fully saturated rings. The number of nitrogens with one attached hydrogen (secondary N) is 2. The van der Waals surface area contributed by atoms with Crippen molar-refractivity contribution in [1.82, 2.24) is 10.2 Å². The Morgan fingerprint density at radius 3 is 2.58 bits per heavy atom. The van der Waals surface area contributed by atoms with Crippen LogP contribution in [0.2, 0.25) is 0 Å². The summed E-state index contributed by atoms with van der Waals surface area (Å²) in [5.74, 6) is -0.862. The van der Waals surface area contributed by atoms with Crippen LogP contribution < -0.4 is 10.6 Å². The average Bonchev–Trinajstić information content (AvgIpc) is 2.55. The molecule has 142 valence electrons. The van der Waals surface area contributed by atoms with E-state index in [9.17, 15) is 19.7 Å². The van der Waals surface area contributed by atoms with E-state index in [4.69, 9.17) is 5.11 Å². The van der Waals surface area contributed by atoms with Crippen LogP contribution in [0.15, 0.2) is 18.2 Å². The molecule has 9 nitrogen and oxygen atoms in total. The molecular formula is C17H24N4O5. The molecule has 9 heteroatoms. The number of hydrogen-bond acceptors (Lipinski definition) is 5. The maximum atomic E-state index is 12.2. The van der Waals surface area contributed by atoms with E-state index in [2.05, 4.69) is 10.6 Å². The molecule has 0 heterocycles. The molecule has 0 spiro atoms. The molecular weight excluding hydrogens is 340 g/mol. The summed E-state index contributed by atoms with van der Waals surface area (Å²) < 4.78 is 0. The Balaban J connectivity index is 1.89. The topological polar surface area (TPSA) is 125 Å². The minimum Gasteiger partial charge on any atom is -0.480 e. The number of urea groups is 1. The van der Waals surface area contributed by atoms with Gasteiger partial charge in [0.2, 0.25) is 0 Å². The van der Waals surface area contributed by atoms with Gasteiger partial charge < -0.3 is 15.7 Å². The smallest absolute Gasteiger partial charge is 0.319 e. The van der Waals surface area contributed by atoms with E-state index in [1.54, 1.807) is 6.07 Å². The van der Waals surface area contributed by atoms with E-state index in [0.717, 1.165) is 5.56 Å². The summed E-state index contributed by atoms with van der Waals surface area (Å²) in [6.07, 6.45) is 2.01. The van der Waals surface area contributed by atoms with Crippen LogP contribution in [0.4, 0.5) is 16.2 Å². The Labute approximate surface area is 151 Å². The molecule has 2 rings (SSSR count). The van der Waals surface area contributed by atoms with E-state index >= 15 is 0 Å². The molecule has 1 aromatic carbocycles. The standard InChI is InChI=1S/C17H24N4O5/c1-3-11-5-6-13(21(25)26)9-15(11)19-17(24)18-12-7-14(8-12)20(4-2)10-16(22)23/h5-6,9,12,14H,3-4,7-8,10H2,1-2H3,(H,22,23)(H2,18,19,24). The van der Waals surface area contributed by atoms with Gasteiger partial charge in [-0.1, -0.05) is 19.9 Å². The lowest BCUT2D eigenvalue weighted by atomic mass is 9.85. The highest BCUT2D eigenvalue weighted by Crippen LogP contribution is 2.26. The van der Waals surface area contributed by atoms with Gasteiger partial charge in [-0.25, -0.2) is 4.79 Å². The van der Waals surface area contributed by atoms with Gasteiger partial charge >= 0.3 is 12.0 Å². The van der Waals surface area contributed by atoms with Crippen LogP contribution in [0.1, 0.15) is 32.3 Å². The molecule has 1 aliphatic rings. The van der Waals surface area contributed by atoms with Crippen molar-refractivity contribution >= 4 is 23.4 Å². The van der Waals surface area contributed by atoms with E-state index in [1.165, 1.54) is 12.1 Å². The summed E-state index contributed by atoms with van der Waals surface area (Å²) in [5, 5.41) is 25.3. The molecule has 0 unspecified atom stereocenters. The van der Waals surface area contributed by atoms with Crippen molar-refractivity contribution in [3.63, 3.8) is 0 Å². The molecule has 1 aliphatic carbocycles. The number of aliphatic carboxylic acids is 1. The number of anilines is 1. The lowest BCUT2D eigenvalue weighted by Gasteiger charge is -2.42. The molecule has 0 aliphatic heterocycles. The second-order valence-electron chi connectivity index (χ2n) is 6.33. The Bertz CT molecular complexity index is 688. The first-order valence-corrected chi connectivity index (χ1v) is 8.64. The second kappa shape index (κ2) is 8.61. The monoisotopic (exact) mass is 364 g/mol. The minimum absolute atomic E-state index is 0.00632. The molecule has 0 atom stereocenters. The van der Waals surface area contributed by atoms with Crippen LogP contribution in [-0.4, -0.2) is 52.1 Å². The normalized spacial score (nSPS) is 18.9. The first-order chi connectivity index (χ1) is 12.3. The van der Waals surface area contributed by atoms with Gasteiger partial charge in [0.05, 0.1) is 17.2 Å². The number of non-ortho nitro benzene ring substituents is 1. The highest BCUT2D eigenvalue weighted by molar-refractivity contribution is 5.90. The number of aryl methyl sites for hydroxylation is 1. The van der Waals surface area contributed by atoms with Crippen molar-refractivity contribution in [2.75, 3.05) is 18.4 Å². The average molecular weight is 364 g/mol. The third-order valence-corrected chi connectivity index (χ3v) is 4.64. The number of carbonyl (C=O) groups is 2. The SMILES string of the molecule is CCc1ccc([N+](=O)[O-])cc1NC(=O)NC1CC(N(CC)CC(=O)O)C1. The molecule has 2 amide bonds. The molecule has 0 saturated heterocycles. The van der Waals surface area contributed by atoms with Crippen molar-refractivity contribution in [3.8, 4) is 0 Å². The number of amides is 2. The van der Waals surface area contributed by atoms with Crippen LogP contribution in [0.3, 0.4) is 0 Å². The second-order valence-corrected chi connectivity index (χ2v) is 6.33. The third kappa shape index (κ3) is 4.92. The first-order valence-electron chi connectivity index (χ1n) is 8.64. The molecule has 0 aromatic heterocycles. The molecule has 26 heavy (non-hydrogen) atoms. The fraction of sp³-hybridized carbons (Fsp3) is 0.529. The van der Waals surface area contributed by atoms with Crippen LogP contribution in [0.25, 0.3) is 0 Å². The molecule has 3 N–H and O–H groups in total. The van der Waals surface area contributed by atoms with Crippen LogP contribution in [0, 0.1) is 10.1 Å². The predicted octanol–water partition coefficient (Wildman–Crippen LogP) is 2.22. The zero-order valence-electron chi connectivity index (χ0n) is 14.9. The van der Waals surface area contributed by atoms with Gasteiger partial charge in [-0.05, 0) is 31.4 Å². The van der Waals surface area contributed by atoms with Crippen LogP contribution in [-0.2, 0) is 11.2 Å². The molecule has 0 radical (unpaired) electrons. The minimum atomic E-state index is -0.862. The lowest BCUT2D eigenvalue weighted by molar-refractivity contribution is -0.384. The Morgan fingerprint density at radius 1 is 1.35 bits per heavy atom. The number of hydrogen-bond donors (Lipinski definition) is 3. The van der Waals surface area contributed by atoms with Crippen molar-refractivity contribution in [1.29, 1.82) is 0 Å². The third-order valence-electron chi connectivity index (χ3n) is 4.64. The Kier molecular flexibility index (Phi) is 6.51. The lowest BCUT2D eigenvalue weighted by Crippen LogP contribution is -2.55. The van der Waals surface area contributed by atoms with Gasteiger partial charge in [-0.15, -0.1) is 0 Å². The number of carbonyl (C=O) groups excluding carboxylic acids is 1. The van der Waals surface area contributed by atoms with Gasteiger partial charge in [0, 0.05) is 24.2 Å². The number of carboxylic acids is 1. The predicted molar refractivity (Wildman–Crippen MR) is 96.3 cm³/mol. The number of rotatable bonds is 8. The number of nitro groups is 1. The van der Waals surface area contributed by atoms with Crippen molar-refractivity contribution in [2.45, 2.75) is 45.2 Å². The van der Waals surface area contributed by atoms with Gasteiger partial charge in [-0.2, -0.15) is 0 Å². The fourth-order valence-electron chi connectivity index (χ4n) is 3.12. The largest absolute Gasteiger partial charge is 0.480 e. The number of benzene rings is 1. The van der Waals surface area contributed by atoms with Crippen molar-refractivity contribution in [3.05, 3.63) is 33.9 Å².